The molecule has 47 heavy (non-hydrogen) atoms. The molecule has 0 unspecified atom stereocenters. The highest BCUT2D eigenvalue weighted by atomic mass is 16.6. The molecule has 2 fully saturated rings. The van der Waals surface area contributed by atoms with Crippen LogP contribution in [0.1, 0.15) is 31.4 Å². The van der Waals surface area contributed by atoms with Crippen molar-refractivity contribution in [3.63, 3.8) is 0 Å². The number of nitrogens with one attached hydrogen (secondary N) is 1. The van der Waals surface area contributed by atoms with Crippen LogP contribution in [0.15, 0.2) is 97.1 Å². The second-order valence-electron chi connectivity index (χ2n) is 12.6. The van der Waals surface area contributed by atoms with E-state index in [0.29, 0.717) is 17.7 Å². The van der Waals surface area contributed by atoms with Crippen LogP contribution in [0.4, 0.5) is 5.69 Å². The highest BCUT2D eigenvalue weighted by Crippen LogP contribution is 2.55. The van der Waals surface area contributed by atoms with Crippen molar-refractivity contribution in [1.82, 2.24) is 10.2 Å². The summed E-state index contributed by atoms with van der Waals surface area (Å²) in [5.41, 5.74) is -0.224. The Morgan fingerprint density at radius 1 is 0.957 bits per heavy atom. The number of esters is 1. The molecular formula is C37H37N3O7. The Labute approximate surface area is 272 Å². The quantitative estimate of drug-likeness (QED) is 0.332. The molecule has 0 saturated carbocycles. The van der Waals surface area contributed by atoms with Crippen molar-refractivity contribution in [3.8, 4) is 0 Å². The molecule has 4 aliphatic rings. The first-order chi connectivity index (χ1) is 22.8. The number of benzene rings is 3. The van der Waals surface area contributed by atoms with Crippen molar-refractivity contribution in [2.45, 2.75) is 49.7 Å². The molecule has 3 aromatic rings. The number of fused-ring (bicyclic) bond motifs is 3. The van der Waals surface area contributed by atoms with E-state index in [0.717, 1.165) is 10.8 Å². The van der Waals surface area contributed by atoms with Crippen LogP contribution in [-0.2, 0) is 28.7 Å². The molecule has 0 aromatic heterocycles. The van der Waals surface area contributed by atoms with Crippen LogP contribution in [-0.4, -0.2) is 77.2 Å². The Balaban J connectivity index is 1.36. The van der Waals surface area contributed by atoms with Crippen molar-refractivity contribution in [2.75, 3.05) is 24.6 Å². The van der Waals surface area contributed by atoms with E-state index in [4.69, 9.17) is 9.47 Å². The van der Waals surface area contributed by atoms with Gasteiger partial charge < -0.3 is 29.7 Å². The minimum atomic E-state index is -1.53. The molecule has 1 spiro atoms. The van der Waals surface area contributed by atoms with Crippen molar-refractivity contribution >= 4 is 40.2 Å². The summed E-state index contributed by atoms with van der Waals surface area (Å²) < 4.78 is 12.6. The number of aliphatic hydroxyl groups excluding tert-OH is 1. The van der Waals surface area contributed by atoms with Gasteiger partial charge in [0.1, 0.15) is 23.7 Å². The van der Waals surface area contributed by atoms with Gasteiger partial charge in [-0.25, -0.2) is 0 Å². The van der Waals surface area contributed by atoms with Gasteiger partial charge in [0.05, 0.1) is 31.2 Å². The molecule has 242 valence electrons. The molecule has 7 atom stereocenters. The smallest absolute Gasteiger partial charge is 0.313 e. The molecule has 10 nitrogen and oxygen atoms in total. The van der Waals surface area contributed by atoms with Crippen molar-refractivity contribution < 1.29 is 33.8 Å². The lowest BCUT2D eigenvalue weighted by Gasteiger charge is -2.38. The summed E-state index contributed by atoms with van der Waals surface area (Å²) in [6.07, 6.45) is 6.18. The van der Waals surface area contributed by atoms with E-state index in [9.17, 15) is 24.3 Å². The Morgan fingerprint density at radius 3 is 2.51 bits per heavy atom. The highest BCUT2D eigenvalue weighted by Gasteiger charge is 2.72. The summed E-state index contributed by atoms with van der Waals surface area (Å²) >= 11 is 0. The maximum atomic E-state index is 15.0. The van der Waals surface area contributed by atoms with E-state index in [1.165, 1.54) is 4.90 Å². The highest BCUT2D eigenvalue weighted by molar-refractivity contribution is 6.06. The number of carbonyl (C=O) groups excluding carboxylic acids is 4. The Kier molecular flexibility index (Phi) is 8.15. The Bertz CT molecular complexity index is 1770. The Morgan fingerprint density at radius 2 is 1.72 bits per heavy atom. The third-order valence-electron chi connectivity index (χ3n) is 9.71. The molecule has 3 amide bonds. The summed E-state index contributed by atoms with van der Waals surface area (Å²) in [6.45, 7) is 1.57. The summed E-state index contributed by atoms with van der Waals surface area (Å²) in [6, 6.07) is 20.6. The molecule has 4 aliphatic heterocycles. The molecule has 3 aromatic carbocycles. The number of hydrogen-bond acceptors (Lipinski definition) is 7. The maximum absolute atomic E-state index is 15.0. The first kappa shape index (κ1) is 30.8. The predicted octanol–water partition coefficient (Wildman–Crippen LogP) is 3.45. The van der Waals surface area contributed by atoms with Gasteiger partial charge in [-0.15, -0.1) is 0 Å². The van der Waals surface area contributed by atoms with Crippen molar-refractivity contribution in [2.24, 2.45) is 11.8 Å². The van der Waals surface area contributed by atoms with Gasteiger partial charge in [0, 0.05) is 18.7 Å². The summed E-state index contributed by atoms with van der Waals surface area (Å²) in [5, 5.41) is 15.6. The zero-order valence-corrected chi connectivity index (χ0v) is 26.0. The van der Waals surface area contributed by atoms with E-state index in [2.05, 4.69) is 5.32 Å². The monoisotopic (exact) mass is 635 g/mol. The van der Waals surface area contributed by atoms with Crippen LogP contribution >= 0.6 is 0 Å². The minimum absolute atomic E-state index is 0.130. The number of rotatable bonds is 4. The number of likely N-dealkylation sites (tertiary alicyclic amines) is 1. The predicted molar refractivity (Wildman–Crippen MR) is 174 cm³/mol. The van der Waals surface area contributed by atoms with Gasteiger partial charge in [0.2, 0.25) is 11.8 Å². The molecule has 2 N–H and O–H groups in total. The fourth-order valence-corrected chi connectivity index (χ4v) is 7.54. The van der Waals surface area contributed by atoms with Gasteiger partial charge in [-0.3, -0.25) is 19.2 Å². The third kappa shape index (κ3) is 5.31. The van der Waals surface area contributed by atoms with E-state index in [-0.39, 0.29) is 31.3 Å². The number of anilines is 1. The zero-order chi connectivity index (χ0) is 32.7. The van der Waals surface area contributed by atoms with Gasteiger partial charge in [-0.05, 0) is 41.8 Å². The number of ether oxygens (including phenoxy) is 2. The van der Waals surface area contributed by atoms with E-state index in [1.807, 2.05) is 66.7 Å². The molecule has 0 bridgehead atoms. The van der Waals surface area contributed by atoms with Gasteiger partial charge in [-0.2, -0.15) is 0 Å². The first-order valence-electron chi connectivity index (χ1n) is 16.1. The molecule has 0 aliphatic carbocycles. The molecule has 2 saturated heterocycles. The summed E-state index contributed by atoms with van der Waals surface area (Å²) in [4.78, 5) is 59.1. The number of carbonyl (C=O) groups is 4. The standard InChI is InChI=1S/C37H37N3O7/c1-23-21-38-30(42)15-8-7-14-29-31(36(45)46-23)32-34(43)40(28(22-41)25-11-3-2-4-12-25)33-35(44)39(19-9-18-37(32,33)47-29)27-17-16-24-10-5-6-13-26(24)20-27/h2-7,9-14,16-18,20,23,28-29,31-33,41H,8,15,19,21-22H2,1H3,(H,38,42)/b14-7-/t23-,28+,29-,31+,32+,33-,37+/m0/s1. The maximum Gasteiger partial charge on any atom is 0.313 e. The normalized spacial score (nSPS) is 30.7. The Hall–Kier alpha value is -4.80. The van der Waals surface area contributed by atoms with E-state index < -0.39 is 60.2 Å². The summed E-state index contributed by atoms with van der Waals surface area (Å²) in [5.74, 6) is -3.83. The number of allylic oxidation sites excluding steroid dienone is 1. The average molecular weight is 636 g/mol. The molecule has 10 heteroatoms. The van der Waals surface area contributed by atoms with E-state index in [1.54, 1.807) is 42.2 Å². The lowest BCUT2D eigenvalue weighted by Crippen LogP contribution is -2.56. The van der Waals surface area contributed by atoms with Crippen LogP contribution in [0.2, 0.25) is 0 Å². The third-order valence-corrected chi connectivity index (χ3v) is 9.71. The molecule has 7 rings (SSSR count). The SMILES string of the molecule is C[C@H]1CNC(=O)CC/C=C\[C@@H]2O[C@@]34C=CCN(c5ccc6ccccc6c5)C(=O)[C@@H]3N([C@H](CO)c3ccccc3)C(=O)[C@H]4[C@@H]2C(=O)O1. The number of amides is 3. The first-order valence-corrected chi connectivity index (χ1v) is 16.1. The van der Waals surface area contributed by atoms with Gasteiger partial charge in [0.15, 0.2) is 0 Å². The van der Waals surface area contributed by atoms with Gasteiger partial charge in [0.25, 0.3) is 5.91 Å². The minimum Gasteiger partial charge on any atom is -0.460 e. The lowest BCUT2D eigenvalue weighted by atomic mass is 9.78. The van der Waals surface area contributed by atoms with Gasteiger partial charge in [-0.1, -0.05) is 85.0 Å². The topological polar surface area (TPSA) is 125 Å². The summed E-state index contributed by atoms with van der Waals surface area (Å²) in [7, 11) is 0. The largest absolute Gasteiger partial charge is 0.460 e. The van der Waals surface area contributed by atoms with Crippen molar-refractivity contribution in [3.05, 3.63) is 103 Å². The van der Waals surface area contributed by atoms with Crippen molar-refractivity contribution in [1.29, 1.82) is 0 Å². The van der Waals surface area contributed by atoms with Crippen LogP contribution in [0.5, 0.6) is 0 Å². The van der Waals surface area contributed by atoms with Crippen LogP contribution in [0.25, 0.3) is 10.8 Å². The fourth-order valence-electron chi connectivity index (χ4n) is 7.54. The molecule has 0 radical (unpaired) electrons. The number of hydrogen-bond donors (Lipinski definition) is 2. The zero-order valence-electron chi connectivity index (χ0n) is 26.0. The van der Waals surface area contributed by atoms with Crippen LogP contribution in [0, 0.1) is 11.8 Å². The fraction of sp³-hybridized carbons (Fsp3) is 0.351. The number of nitrogens with zero attached hydrogens (tertiary/aromatic N) is 2. The van der Waals surface area contributed by atoms with Crippen LogP contribution in [0.3, 0.4) is 0 Å². The molecular weight excluding hydrogens is 598 g/mol. The second-order valence-corrected chi connectivity index (χ2v) is 12.6. The lowest BCUT2D eigenvalue weighted by molar-refractivity contribution is -0.159. The number of cyclic esters (lactones) is 1. The van der Waals surface area contributed by atoms with E-state index >= 15 is 0 Å². The number of aliphatic hydroxyl groups is 1. The van der Waals surface area contributed by atoms with Gasteiger partial charge >= 0.3 is 5.97 Å². The van der Waals surface area contributed by atoms with Crippen LogP contribution < -0.4 is 10.2 Å². The molecule has 4 heterocycles. The average Bonchev–Trinajstić information content (AvgIpc) is 3.47. The second kappa shape index (κ2) is 12.4.